The Kier molecular flexibility index (Phi) is 5.16. The van der Waals surface area contributed by atoms with E-state index < -0.39 is 5.91 Å². The Morgan fingerprint density at radius 1 is 1.29 bits per heavy atom. The van der Waals surface area contributed by atoms with E-state index in [1.54, 1.807) is 24.3 Å². The van der Waals surface area contributed by atoms with Gasteiger partial charge >= 0.3 is 0 Å². The molecule has 0 bridgehead atoms. The standard InChI is InChI=1S/C15H21N3O3/c16-13-7-2-1-6-12(13)15(20)18-10-4-3-5-11(8-10)21-9-14(17)19/h3-5,8,12-13H,1-2,6-7,9,16H2,(H2,17,19)(H,18,20). The number of amides is 2. The zero-order valence-corrected chi connectivity index (χ0v) is 11.9. The normalized spacial score (nSPS) is 21.6. The Balaban J connectivity index is 1.97. The van der Waals surface area contributed by atoms with Crippen LogP contribution >= 0.6 is 0 Å². The number of primary amides is 1. The van der Waals surface area contributed by atoms with Gasteiger partial charge in [-0.3, -0.25) is 9.59 Å². The second kappa shape index (κ2) is 7.08. The van der Waals surface area contributed by atoms with Crippen LogP contribution in [0.1, 0.15) is 25.7 Å². The summed E-state index contributed by atoms with van der Waals surface area (Å²) in [5.41, 5.74) is 11.7. The number of hydrogen-bond acceptors (Lipinski definition) is 4. The van der Waals surface area contributed by atoms with Gasteiger partial charge in [-0.25, -0.2) is 0 Å². The molecule has 21 heavy (non-hydrogen) atoms. The molecule has 114 valence electrons. The summed E-state index contributed by atoms with van der Waals surface area (Å²) in [6.07, 6.45) is 3.83. The molecule has 0 aliphatic heterocycles. The topological polar surface area (TPSA) is 107 Å². The molecule has 1 fully saturated rings. The molecule has 6 nitrogen and oxygen atoms in total. The van der Waals surface area contributed by atoms with Gasteiger partial charge in [-0.05, 0) is 25.0 Å². The lowest BCUT2D eigenvalue weighted by molar-refractivity contribution is -0.121. The summed E-state index contributed by atoms with van der Waals surface area (Å²) in [6, 6.07) is 6.80. The van der Waals surface area contributed by atoms with Crippen molar-refractivity contribution in [3.8, 4) is 5.75 Å². The van der Waals surface area contributed by atoms with Crippen molar-refractivity contribution in [2.24, 2.45) is 17.4 Å². The summed E-state index contributed by atoms with van der Waals surface area (Å²) >= 11 is 0. The molecule has 1 aliphatic carbocycles. The number of carbonyl (C=O) groups excluding carboxylic acids is 2. The van der Waals surface area contributed by atoms with Crippen LogP contribution < -0.4 is 21.5 Å². The fraction of sp³-hybridized carbons (Fsp3) is 0.467. The molecule has 2 amide bonds. The highest BCUT2D eigenvalue weighted by atomic mass is 16.5. The smallest absolute Gasteiger partial charge is 0.255 e. The number of ether oxygens (including phenoxy) is 1. The predicted molar refractivity (Wildman–Crippen MR) is 79.7 cm³/mol. The van der Waals surface area contributed by atoms with Crippen LogP contribution in [0.2, 0.25) is 0 Å². The van der Waals surface area contributed by atoms with Crippen LogP contribution in [0.4, 0.5) is 5.69 Å². The van der Waals surface area contributed by atoms with Crippen molar-refractivity contribution < 1.29 is 14.3 Å². The number of hydrogen-bond donors (Lipinski definition) is 3. The Hall–Kier alpha value is -2.08. The van der Waals surface area contributed by atoms with Crippen molar-refractivity contribution in [2.75, 3.05) is 11.9 Å². The molecule has 0 radical (unpaired) electrons. The first-order valence-electron chi connectivity index (χ1n) is 7.14. The molecule has 2 atom stereocenters. The third-order valence-corrected chi connectivity index (χ3v) is 3.64. The van der Waals surface area contributed by atoms with Gasteiger partial charge in [0, 0.05) is 17.8 Å². The lowest BCUT2D eigenvalue weighted by Gasteiger charge is -2.27. The van der Waals surface area contributed by atoms with E-state index in [1.807, 2.05) is 0 Å². The molecule has 1 aromatic rings. The van der Waals surface area contributed by atoms with Crippen molar-refractivity contribution in [1.29, 1.82) is 0 Å². The summed E-state index contributed by atoms with van der Waals surface area (Å²) in [5.74, 6) is -0.264. The molecule has 0 aromatic heterocycles. The lowest BCUT2D eigenvalue weighted by atomic mass is 9.84. The van der Waals surface area contributed by atoms with Crippen LogP contribution in [0.5, 0.6) is 5.75 Å². The highest BCUT2D eigenvalue weighted by Crippen LogP contribution is 2.25. The van der Waals surface area contributed by atoms with E-state index in [9.17, 15) is 9.59 Å². The fourth-order valence-electron chi connectivity index (χ4n) is 2.54. The minimum atomic E-state index is -0.544. The van der Waals surface area contributed by atoms with Gasteiger partial charge in [0.25, 0.3) is 5.91 Å². The van der Waals surface area contributed by atoms with E-state index in [4.69, 9.17) is 16.2 Å². The molecule has 0 heterocycles. The second-order valence-electron chi connectivity index (χ2n) is 5.33. The van der Waals surface area contributed by atoms with Gasteiger partial charge < -0.3 is 21.5 Å². The number of benzene rings is 1. The van der Waals surface area contributed by atoms with Gasteiger partial charge in [-0.2, -0.15) is 0 Å². The molecule has 2 rings (SSSR count). The third kappa shape index (κ3) is 4.46. The molecule has 1 aliphatic rings. The average molecular weight is 291 g/mol. The van der Waals surface area contributed by atoms with Crippen molar-refractivity contribution in [3.05, 3.63) is 24.3 Å². The number of anilines is 1. The van der Waals surface area contributed by atoms with Crippen LogP contribution in [-0.4, -0.2) is 24.5 Å². The maximum atomic E-state index is 12.2. The van der Waals surface area contributed by atoms with Crippen LogP contribution in [-0.2, 0) is 9.59 Å². The summed E-state index contributed by atoms with van der Waals surface area (Å²) in [4.78, 5) is 22.9. The SMILES string of the molecule is NC(=O)COc1cccc(NC(=O)C2CCCCC2N)c1. The van der Waals surface area contributed by atoms with E-state index in [0.29, 0.717) is 11.4 Å². The molecular formula is C15H21N3O3. The van der Waals surface area contributed by atoms with E-state index >= 15 is 0 Å². The molecule has 1 saturated carbocycles. The van der Waals surface area contributed by atoms with E-state index in [1.165, 1.54) is 0 Å². The van der Waals surface area contributed by atoms with Crippen molar-refractivity contribution >= 4 is 17.5 Å². The molecule has 0 spiro atoms. The number of nitrogens with one attached hydrogen (secondary N) is 1. The molecule has 0 saturated heterocycles. The first kappa shape index (κ1) is 15.3. The van der Waals surface area contributed by atoms with Crippen LogP contribution in [0.25, 0.3) is 0 Å². The van der Waals surface area contributed by atoms with Gasteiger partial charge in [0.05, 0.1) is 5.92 Å². The summed E-state index contributed by atoms with van der Waals surface area (Å²) in [7, 11) is 0. The Labute approximate surface area is 123 Å². The molecule has 1 aromatic carbocycles. The van der Waals surface area contributed by atoms with Gasteiger partial charge in [0.15, 0.2) is 6.61 Å². The van der Waals surface area contributed by atoms with Gasteiger partial charge in [-0.15, -0.1) is 0 Å². The number of rotatable bonds is 5. The largest absolute Gasteiger partial charge is 0.484 e. The zero-order valence-electron chi connectivity index (χ0n) is 11.9. The van der Waals surface area contributed by atoms with Crippen molar-refractivity contribution in [2.45, 2.75) is 31.7 Å². The van der Waals surface area contributed by atoms with Crippen molar-refractivity contribution in [1.82, 2.24) is 0 Å². The molecular weight excluding hydrogens is 270 g/mol. The maximum absolute atomic E-state index is 12.2. The second-order valence-corrected chi connectivity index (χ2v) is 5.33. The van der Waals surface area contributed by atoms with Crippen LogP contribution in [0.15, 0.2) is 24.3 Å². The first-order valence-corrected chi connectivity index (χ1v) is 7.14. The third-order valence-electron chi connectivity index (χ3n) is 3.64. The minimum absolute atomic E-state index is 0.0609. The quantitative estimate of drug-likeness (QED) is 0.752. The van der Waals surface area contributed by atoms with E-state index in [2.05, 4.69) is 5.32 Å². The Morgan fingerprint density at radius 2 is 2.05 bits per heavy atom. The number of nitrogens with two attached hydrogens (primary N) is 2. The first-order chi connectivity index (χ1) is 10.1. The maximum Gasteiger partial charge on any atom is 0.255 e. The lowest BCUT2D eigenvalue weighted by Crippen LogP contribution is -2.40. The Morgan fingerprint density at radius 3 is 2.76 bits per heavy atom. The van der Waals surface area contributed by atoms with Crippen LogP contribution in [0.3, 0.4) is 0 Å². The summed E-state index contributed by atoms with van der Waals surface area (Å²) < 4.78 is 5.21. The van der Waals surface area contributed by atoms with Gasteiger partial charge in [0.2, 0.25) is 5.91 Å². The zero-order chi connectivity index (χ0) is 15.2. The summed E-state index contributed by atoms with van der Waals surface area (Å²) in [5, 5.41) is 2.85. The van der Waals surface area contributed by atoms with Gasteiger partial charge in [-0.1, -0.05) is 18.9 Å². The predicted octanol–water partition coefficient (Wildman–Crippen LogP) is 1.01. The molecule has 2 unspecified atom stereocenters. The van der Waals surface area contributed by atoms with E-state index in [-0.39, 0.29) is 24.5 Å². The number of carbonyl (C=O) groups is 2. The fourth-order valence-corrected chi connectivity index (χ4v) is 2.54. The summed E-state index contributed by atoms with van der Waals surface area (Å²) in [6.45, 7) is -0.190. The minimum Gasteiger partial charge on any atom is -0.484 e. The van der Waals surface area contributed by atoms with Crippen LogP contribution in [0, 0.1) is 5.92 Å². The van der Waals surface area contributed by atoms with E-state index in [0.717, 1.165) is 25.7 Å². The monoisotopic (exact) mass is 291 g/mol. The highest BCUT2D eigenvalue weighted by Gasteiger charge is 2.28. The Bertz CT molecular complexity index is 519. The molecule has 5 N–H and O–H groups in total. The average Bonchev–Trinajstić information content (AvgIpc) is 2.46. The van der Waals surface area contributed by atoms with Gasteiger partial charge in [0.1, 0.15) is 5.75 Å². The molecule has 6 heteroatoms. The highest BCUT2D eigenvalue weighted by molar-refractivity contribution is 5.93. The van der Waals surface area contributed by atoms with Crippen molar-refractivity contribution in [3.63, 3.8) is 0 Å².